The van der Waals surface area contributed by atoms with Crippen LogP contribution >= 0.6 is 0 Å². The number of aryl methyl sites for hydroxylation is 1. The van der Waals surface area contributed by atoms with Crippen LogP contribution in [0.2, 0.25) is 0 Å². The molecule has 0 spiro atoms. The number of fused-ring (bicyclic) bond motifs is 1. The summed E-state index contributed by atoms with van der Waals surface area (Å²) < 4.78 is 7.02. The molecule has 5 N–H and O–H groups in total. The van der Waals surface area contributed by atoms with Crippen molar-refractivity contribution in [3.8, 4) is 16.9 Å². The molecule has 0 amide bonds. The Morgan fingerprint density at radius 3 is 2.90 bits per heavy atom. The maximum Gasteiger partial charge on any atom is 0.137 e. The average molecular weight is 389 g/mol. The van der Waals surface area contributed by atoms with Crippen molar-refractivity contribution in [2.24, 2.45) is 18.6 Å². The number of ether oxygens (including phenoxy) is 1. The Balaban J connectivity index is 1.60. The number of rotatable bonds is 6. The van der Waals surface area contributed by atoms with E-state index in [0.717, 1.165) is 39.0 Å². The largest absolute Gasteiger partial charge is 0.497 e. The molecule has 3 aromatic heterocycles. The van der Waals surface area contributed by atoms with Gasteiger partial charge in [-0.15, -0.1) is 0 Å². The average Bonchev–Trinajstić information content (AvgIpc) is 3.33. The van der Waals surface area contributed by atoms with E-state index in [2.05, 4.69) is 21.1 Å². The van der Waals surface area contributed by atoms with E-state index in [0.29, 0.717) is 12.2 Å². The van der Waals surface area contributed by atoms with E-state index in [4.69, 9.17) is 16.3 Å². The third kappa shape index (κ3) is 3.92. The fraction of sp³-hybridized carbons (Fsp3) is 0.143. The first-order valence-corrected chi connectivity index (χ1v) is 9.11. The van der Waals surface area contributed by atoms with E-state index < -0.39 is 0 Å². The summed E-state index contributed by atoms with van der Waals surface area (Å²) in [4.78, 5) is 7.66. The quantitative estimate of drug-likeness (QED) is 0.345. The molecule has 1 aromatic carbocycles. The Morgan fingerprint density at radius 1 is 1.28 bits per heavy atom. The van der Waals surface area contributed by atoms with Crippen LogP contribution in [0.15, 0.2) is 61.3 Å². The van der Waals surface area contributed by atoms with Gasteiger partial charge < -0.3 is 20.5 Å². The fourth-order valence-electron chi connectivity index (χ4n) is 3.25. The molecule has 3 heterocycles. The predicted molar refractivity (Wildman–Crippen MR) is 113 cm³/mol. The number of hydrogen-bond donors (Lipinski definition) is 3. The summed E-state index contributed by atoms with van der Waals surface area (Å²) in [7, 11) is 3.53. The molecular weight excluding hydrogens is 366 g/mol. The normalized spacial score (nSPS) is 11.8. The van der Waals surface area contributed by atoms with Crippen LogP contribution in [0, 0.1) is 0 Å². The Labute approximate surface area is 168 Å². The van der Waals surface area contributed by atoms with Gasteiger partial charge in [-0.25, -0.2) is 10.8 Å². The van der Waals surface area contributed by atoms with Crippen LogP contribution < -0.4 is 16.3 Å². The van der Waals surface area contributed by atoms with E-state index >= 15 is 0 Å². The standard InChI is InChI=1S/C21H23N7O/c1-27-12-16(9-26-27)15-7-18-19(10-25-21(18)24-8-15)20(22)13-28(23)11-14-4-3-5-17(6-14)29-2/h3-10,12-13H,11,22-23H2,1-2H3,(H,24,25)/b20-13-. The van der Waals surface area contributed by atoms with Crippen molar-refractivity contribution >= 4 is 16.7 Å². The molecule has 0 aliphatic rings. The van der Waals surface area contributed by atoms with Gasteiger partial charge in [0.2, 0.25) is 0 Å². The van der Waals surface area contributed by atoms with Crippen molar-refractivity contribution < 1.29 is 4.74 Å². The number of hydrogen-bond acceptors (Lipinski definition) is 6. The maximum atomic E-state index is 6.36. The zero-order valence-corrected chi connectivity index (χ0v) is 16.3. The molecule has 0 atom stereocenters. The Bertz CT molecular complexity index is 1170. The number of nitrogens with one attached hydrogen (secondary N) is 1. The van der Waals surface area contributed by atoms with Crippen LogP contribution in [-0.4, -0.2) is 31.9 Å². The summed E-state index contributed by atoms with van der Waals surface area (Å²) in [6.07, 6.45) is 9.14. The zero-order valence-electron chi connectivity index (χ0n) is 16.3. The number of hydrazine groups is 1. The molecule has 0 aliphatic carbocycles. The van der Waals surface area contributed by atoms with Gasteiger partial charge in [0.05, 0.1) is 25.5 Å². The highest BCUT2D eigenvalue weighted by Crippen LogP contribution is 2.27. The lowest BCUT2D eigenvalue weighted by molar-refractivity contribution is 0.383. The van der Waals surface area contributed by atoms with Gasteiger partial charge in [-0.3, -0.25) is 4.68 Å². The highest BCUT2D eigenvalue weighted by atomic mass is 16.5. The van der Waals surface area contributed by atoms with E-state index in [-0.39, 0.29) is 0 Å². The number of aromatic nitrogens is 4. The minimum Gasteiger partial charge on any atom is -0.497 e. The zero-order chi connectivity index (χ0) is 20.4. The fourth-order valence-corrected chi connectivity index (χ4v) is 3.25. The van der Waals surface area contributed by atoms with Crippen LogP contribution in [0.3, 0.4) is 0 Å². The van der Waals surface area contributed by atoms with E-state index in [1.165, 1.54) is 0 Å². The van der Waals surface area contributed by atoms with Gasteiger partial charge in [0, 0.05) is 53.9 Å². The highest BCUT2D eigenvalue weighted by Gasteiger charge is 2.11. The Morgan fingerprint density at radius 2 is 2.14 bits per heavy atom. The summed E-state index contributed by atoms with van der Waals surface area (Å²) in [5.74, 6) is 6.96. The molecule has 0 radical (unpaired) electrons. The van der Waals surface area contributed by atoms with Crippen molar-refractivity contribution in [1.29, 1.82) is 0 Å². The van der Waals surface area contributed by atoms with Crippen LogP contribution in [0.25, 0.3) is 27.9 Å². The summed E-state index contributed by atoms with van der Waals surface area (Å²) >= 11 is 0. The molecule has 8 heteroatoms. The summed E-state index contributed by atoms with van der Waals surface area (Å²) in [6.45, 7) is 0.499. The van der Waals surface area contributed by atoms with Gasteiger partial charge in [-0.1, -0.05) is 12.1 Å². The Kier molecular flexibility index (Phi) is 4.92. The van der Waals surface area contributed by atoms with Crippen molar-refractivity contribution in [3.63, 3.8) is 0 Å². The number of methoxy groups -OCH3 is 1. The Hall–Kier alpha value is -3.78. The lowest BCUT2D eigenvalue weighted by Gasteiger charge is -2.15. The lowest BCUT2D eigenvalue weighted by atomic mass is 10.1. The maximum absolute atomic E-state index is 6.36. The molecule has 0 unspecified atom stereocenters. The van der Waals surface area contributed by atoms with Crippen molar-refractivity contribution in [3.05, 3.63) is 72.4 Å². The van der Waals surface area contributed by atoms with E-state index in [1.54, 1.807) is 23.0 Å². The van der Waals surface area contributed by atoms with Gasteiger partial charge in [-0.2, -0.15) is 5.10 Å². The minimum absolute atomic E-state index is 0.499. The SMILES string of the molecule is COc1cccc(CN(N)/C=C(\N)c2c[nH]c3ncc(-c4cnn(C)c4)cc23)c1. The number of aromatic amines is 1. The summed E-state index contributed by atoms with van der Waals surface area (Å²) in [5, 5.41) is 6.71. The van der Waals surface area contributed by atoms with Crippen molar-refractivity contribution in [2.75, 3.05) is 7.11 Å². The third-order valence-electron chi connectivity index (χ3n) is 4.68. The molecule has 0 saturated heterocycles. The number of H-pyrrole nitrogens is 1. The second-order valence-corrected chi connectivity index (χ2v) is 6.83. The highest BCUT2D eigenvalue weighted by molar-refractivity contribution is 5.92. The van der Waals surface area contributed by atoms with Crippen LogP contribution in [0.4, 0.5) is 0 Å². The van der Waals surface area contributed by atoms with Gasteiger partial charge in [-0.05, 0) is 23.8 Å². The van der Waals surface area contributed by atoms with Gasteiger partial charge in [0.15, 0.2) is 0 Å². The monoisotopic (exact) mass is 389 g/mol. The molecule has 0 fully saturated rings. The molecule has 148 valence electrons. The van der Waals surface area contributed by atoms with Gasteiger partial charge in [0.25, 0.3) is 0 Å². The minimum atomic E-state index is 0.499. The predicted octanol–water partition coefficient (Wildman–Crippen LogP) is 2.60. The first kappa shape index (κ1) is 18.6. The molecule has 8 nitrogen and oxygen atoms in total. The molecule has 29 heavy (non-hydrogen) atoms. The first-order valence-electron chi connectivity index (χ1n) is 9.11. The third-order valence-corrected chi connectivity index (χ3v) is 4.68. The van der Waals surface area contributed by atoms with E-state index in [1.807, 2.05) is 56.1 Å². The van der Waals surface area contributed by atoms with Crippen LogP contribution in [0.5, 0.6) is 5.75 Å². The number of pyridine rings is 1. The smallest absolute Gasteiger partial charge is 0.137 e. The first-order chi connectivity index (χ1) is 14.0. The molecule has 0 aliphatic heterocycles. The number of nitrogens with two attached hydrogens (primary N) is 2. The van der Waals surface area contributed by atoms with Crippen LogP contribution in [0.1, 0.15) is 11.1 Å². The molecule has 0 bridgehead atoms. The topological polar surface area (TPSA) is 111 Å². The lowest BCUT2D eigenvalue weighted by Crippen LogP contribution is -2.25. The molecule has 0 saturated carbocycles. The second-order valence-electron chi connectivity index (χ2n) is 6.83. The number of nitrogens with zero attached hydrogens (tertiary/aromatic N) is 4. The van der Waals surface area contributed by atoms with E-state index in [9.17, 15) is 0 Å². The van der Waals surface area contributed by atoms with Crippen molar-refractivity contribution in [1.82, 2.24) is 24.8 Å². The van der Waals surface area contributed by atoms with Gasteiger partial charge >= 0.3 is 0 Å². The summed E-state index contributed by atoms with van der Waals surface area (Å²) in [5.41, 5.74) is 11.5. The molecule has 4 aromatic rings. The molecule has 4 rings (SSSR count). The van der Waals surface area contributed by atoms with Crippen LogP contribution in [-0.2, 0) is 13.6 Å². The summed E-state index contributed by atoms with van der Waals surface area (Å²) in [6, 6.07) is 9.81. The molecular formula is C21H23N7O. The van der Waals surface area contributed by atoms with Crippen molar-refractivity contribution in [2.45, 2.75) is 6.54 Å². The second kappa shape index (κ2) is 7.69. The van der Waals surface area contributed by atoms with Gasteiger partial charge in [0.1, 0.15) is 11.4 Å². The number of benzene rings is 1.